The molecule has 0 saturated heterocycles. The molecule has 0 unspecified atom stereocenters. The summed E-state index contributed by atoms with van der Waals surface area (Å²) >= 11 is 0. The van der Waals surface area contributed by atoms with Crippen LogP contribution in [0.4, 0.5) is 5.69 Å². The summed E-state index contributed by atoms with van der Waals surface area (Å²) in [5.41, 5.74) is 22.9. The van der Waals surface area contributed by atoms with Crippen molar-refractivity contribution in [2.75, 3.05) is 4.90 Å². The summed E-state index contributed by atoms with van der Waals surface area (Å²) in [6.45, 7) is 12.5. The molecule has 2 nitrogen and oxygen atoms in total. The molecule has 5 aliphatic carbocycles. The Morgan fingerprint density at radius 3 is 2.47 bits per heavy atom. The molecular formula is C47H40N2. The van der Waals surface area contributed by atoms with Crippen molar-refractivity contribution >= 4 is 35.7 Å². The van der Waals surface area contributed by atoms with Crippen molar-refractivity contribution in [2.45, 2.75) is 39.5 Å². The van der Waals surface area contributed by atoms with Crippen LogP contribution < -0.4 is 15.5 Å². The van der Waals surface area contributed by atoms with E-state index in [-0.39, 0.29) is 5.41 Å². The average Bonchev–Trinajstić information content (AvgIpc) is 3.96. The van der Waals surface area contributed by atoms with E-state index in [0.29, 0.717) is 0 Å². The summed E-state index contributed by atoms with van der Waals surface area (Å²) in [5, 5.41) is 2.34. The Kier molecular flexibility index (Phi) is 7.70. The van der Waals surface area contributed by atoms with E-state index in [0.717, 1.165) is 48.0 Å². The van der Waals surface area contributed by atoms with Gasteiger partial charge in [-0.3, -0.25) is 0 Å². The van der Waals surface area contributed by atoms with E-state index >= 15 is 0 Å². The van der Waals surface area contributed by atoms with Crippen molar-refractivity contribution in [3.05, 3.63) is 201 Å². The fourth-order valence-electron chi connectivity index (χ4n) is 7.92. The third-order valence-corrected chi connectivity index (χ3v) is 10.3. The maximum Gasteiger partial charge on any atom is 0.0902 e. The Hall–Kier alpha value is -5.78. The summed E-state index contributed by atoms with van der Waals surface area (Å²) < 4.78 is 2.28. The standard InChI is InChI=1S/C47H40N2/c1-5-7-8-12-28-48-45(15-6-2)42(40-19-14-21-46(40)48)29-33-22-25-36(26-23-33)49(37-27-24-35(30-37)34-16-10-9-11-17-34)38-31-41-39-18-13-20-43(39)47(3,4)44(41)32-38/h5-17,19-20,22-23,25-26,28-29,32H,1-2,18,21,24,27H2,3-4H3/b8-7-,28-12-,42-29?,45-15+. The first-order valence-electron chi connectivity index (χ1n) is 17.3. The van der Waals surface area contributed by atoms with Crippen molar-refractivity contribution in [3.63, 3.8) is 0 Å². The zero-order chi connectivity index (χ0) is 33.5. The fraction of sp³-hybridized carbons (Fsp3) is 0.149. The molecule has 0 bridgehead atoms. The van der Waals surface area contributed by atoms with Crippen LogP contribution in [0.2, 0.25) is 0 Å². The van der Waals surface area contributed by atoms with Crippen LogP contribution in [-0.2, 0) is 6.42 Å². The van der Waals surface area contributed by atoms with Gasteiger partial charge < -0.3 is 9.47 Å². The summed E-state index contributed by atoms with van der Waals surface area (Å²) in [5.74, 6) is 0. The number of hydrogen-bond donors (Lipinski definition) is 0. The van der Waals surface area contributed by atoms with Crippen molar-refractivity contribution in [1.29, 1.82) is 0 Å². The zero-order valence-electron chi connectivity index (χ0n) is 28.3. The highest BCUT2D eigenvalue weighted by molar-refractivity contribution is 5.76. The van der Waals surface area contributed by atoms with E-state index in [4.69, 9.17) is 0 Å². The van der Waals surface area contributed by atoms with Crippen molar-refractivity contribution < 1.29 is 0 Å². The Balaban J connectivity index is 1.24. The molecule has 0 saturated carbocycles. The molecule has 5 aliphatic rings. The first kappa shape index (κ1) is 30.5. The van der Waals surface area contributed by atoms with Crippen LogP contribution in [0.5, 0.6) is 0 Å². The van der Waals surface area contributed by atoms with Gasteiger partial charge in [-0.05, 0) is 77.1 Å². The minimum Gasteiger partial charge on any atom is -0.319 e. The second kappa shape index (κ2) is 12.3. The van der Waals surface area contributed by atoms with Crippen LogP contribution in [0.25, 0.3) is 30.0 Å². The van der Waals surface area contributed by atoms with Crippen LogP contribution in [0.3, 0.4) is 0 Å². The lowest BCUT2D eigenvalue weighted by Crippen LogP contribution is -2.28. The molecular weight excluding hydrogens is 593 g/mol. The van der Waals surface area contributed by atoms with Crippen LogP contribution in [-0.4, -0.2) is 4.57 Å². The number of rotatable bonds is 9. The SMILES string of the molecule is C=C/C=C\C=C/n1c2c(c(=Cc3ccc(N(C4=C=C5C(=C4)C(C)(C)C4=C5CC=C4)C4=C=C(c5ccccc5)CC4)cc3)/c1=C\C=C)C=CC2. The summed E-state index contributed by atoms with van der Waals surface area (Å²) in [7, 11) is 0. The molecule has 238 valence electrons. The number of nitrogens with zero attached hydrogens (tertiary/aromatic N) is 2. The molecule has 0 fully saturated rings. The Morgan fingerprint density at radius 2 is 1.67 bits per heavy atom. The smallest absolute Gasteiger partial charge is 0.0902 e. The van der Waals surface area contributed by atoms with E-state index < -0.39 is 0 Å². The largest absolute Gasteiger partial charge is 0.319 e. The Morgan fingerprint density at radius 1 is 0.857 bits per heavy atom. The monoisotopic (exact) mass is 632 g/mol. The number of benzene rings is 2. The maximum absolute atomic E-state index is 4.03. The van der Waals surface area contributed by atoms with Crippen molar-refractivity contribution in [1.82, 2.24) is 4.57 Å². The molecule has 0 aliphatic heterocycles. The molecule has 0 radical (unpaired) electrons. The van der Waals surface area contributed by atoms with Gasteiger partial charge in [0.25, 0.3) is 0 Å². The third-order valence-electron chi connectivity index (χ3n) is 10.3. The molecule has 3 aromatic rings. The number of allylic oxidation sites excluding steroid dienone is 13. The van der Waals surface area contributed by atoms with E-state index in [2.05, 4.69) is 157 Å². The summed E-state index contributed by atoms with van der Waals surface area (Å²) in [4.78, 5) is 2.39. The van der Waals surface area contributed by atoms with Crippen molar-refractivity contribution in [3.8, 4) is 0 Å². The fourth-order valence-corrected chi connectivity index (χ4v) is 7.92. The van der Waals surface area contributed by atoms with Crippen LogP contribution in [0.1, 0.15) is 55.5 Å². The molecule has 0 N–H and O–H groups in total. The minimum atomic E-state index is -0.0194. The molecule has 1 aromatic heterocycles. The topological polar surface area (TPSA) is 8.17 Å². The van der Waals surface area contributed by atoms with Gasteiger partial charge in [0.15, 0.2) is 0 Å². The predicted molar refractivity (Wildman–Crippen MR) is 208 cm³/mol. The molecule has 0 atom stereocenters. The second-order valence-electron chi connectivity index (χ2n) is 13.6. The summed E-state index contributed by atoms with van der Waals surface area (Å²) in [6.07, 6.45) is 31.5. The van der Waals surface area contributed by atoms with Gasteiger partial charge in [-0.25, -0.2) is 0 Å². The molecule has 49 heavy (non-hydrogen) atoms. The van der Waals surface area contributed by atoms with Gasteiger partial charge in [0.2, 0.25) is 0 Å². The van der Waals surface area contributed by atoms with Crippen LogP contribution >= 0.6 is 0 Å². The maximum atomic E-state index is 4.03. The predicted octanol–water partition coefficient (Wildman–Crippen LogP) is 9.88. The highest BCUT2D eigenvalue weighted by atomic mass is 15.2. The first-order valence-corrected chi connectivity index (χ1v) is 17.3. The molecule has 1 heterocycles. The van der Waals surface area contributed by atoms with Crippen molar-refractivity contribution in [2.24, 2.45) is 5.41 Å². The summed E-state index contributed by atoms with van der Waals surface area (Å²) in [6, 6.07) is 19.7. The van der Waals surface area contributed by atoms with Gasteiger partial charge in [0.05, 0.1) is 16.7 Å². The zero-order valence-corrected chi connectivity index (χ0v) is 28.3. The van der Waals surface area contributed by atoms with Gasteiger partial charge in [-0.1, -0.05) is 130 Å². The lowest BCUT2D eigenvalue weighted by Gasteiger charge is -2.26. The molecule has 0 amide bonds. The number of anilines is 1. The molecule has 8 rings (SSSR count). The van der Waals surface area contributed by atoms with E-state index in [1.165, 1.54) is 55.6 Å². The van der Waals surface area contributed by atoms with Gasteiger partial charge in [0.1, 0.15) is 0 Å². The number of hydrogen-bond acceptors (Lipinski definition) is 1. The lowest BCUT2D eigenvalue weighted by atomic mass is 9.81. The quantitative estimate of drug-likeness (QED) is 0.168. The highest BCUT2D eigenvalue weighted by Gasteiger charge is 2.42. The van der Waals surface area contributed by atoms with E-state index in [1.54, 1.807) is 6.08 Å². The minimum absolute atomic E-state index is 0.0194. The lowest BCUT2D eigenvalue weighted by molar-refractivity contribution is 0.580. The van der Waals surface area contributed by atoms with Crippen LogP contribution in [0.15, 0.2) is 168 Å². The number of fused-ring (bicyclic) bond motifs is 3. The Bertz CT molecular complexity index is 2370. The van der Waals surface area contributed by atoms with E-state index in [1.807, 2.05) is 18.2 Å². The van der Waals surface area contributed by atoms with Gasteiger partial charge in [-0.2, -0.15) is 0 Å². The van der Waals surface area contributed by atoms with Gasteiger partial charge in [-0.15, -0.1) is 0 Å². The normalized spacial score (nSPS) is 19.0. The first-order chi connectivity index (χ1) is 24.0. The highest BCUT2D eigenvalue weighted by Crippen LogP contribution is 2.55. The van der Waals surface area contributed by atoms with E-state index in [9.17, 15) is 0 Å². The molecule has 2 aromatic carbocycles. The molecule has 0 spiro atoms. The second-order valence-corrected chi connectivity index (χ2v) is 13.6. The average molecular weight is 633 g/mol. The van der Waals surface area contributed by atoms with Gasteiger partial charge >= 0.3 is 0 Å². The molecule has 2 heteroatoms. The third kappa shape index (κ3) is 5.24. The Labute approximate surface area is 289 Å². The number of aromatic nitrogens is 1. The van der Waals surface area contributed by atoms with Gasteiger partial charge in [0, 0.05) is 57.8 Å². The van der Waals surface area contributed by atoms with Crippen LogP contribution in [0, 0.1) is 5.41 Å².